The summed E-state index contributed by atoms with van der Waals surface area (Å²) < 4.78 is 36.4. The van der Waals surface area contributed by atoms with Gasteiger partial charge in [-0.25, -0.2) is 18.6 Å². The van der Waals surface area contributed by atoms with Crippen LogP contribution in [0, 0.1) is 11.6 Å². The Hall–Kier alpha value is -2.24. The lowest BCUT2D eigenvalue weighted by molar-refractivity contribution is 0.0564. The monoisotopic (exact) mass is 281 g/mol. The molecule has 20 heavy (non-hydrogen) atoms. The molecule has 0 fully saturated rings. The maximum atomic E-state index is 13.7. The predicted molar refractivity (Wildman–Crippen MR) is 67.2 cm³/mol. The minimum absolute atomic E-state index is 0.00101. The Balaban J connectivity index is 2.49. The highest BCUT2D eigenvalue weighted by molar-refractivity contribution is 5.88. The molecule has 1 aromatic heterocycles. The standard InChI is InChI=1S/C14H13F2NO3/c1-3-4-11-12(14(18)19-2)20-13(17-11)9-6-5-8(15)7-10(9)16/h5-7H,3-4H2,1-2H3. The van der Waals surface area contributed by atoms with Crippen LogP contribution >= 0.6 is 0 Å². The Kier molecular flexibility index (Phi) is 4.12. The molecule has 0 aliphatic heterocycles. The van der Waals surface area contributed by atoms with Crippen LogP contribution in [-0.2, 0) is 11.2 Å². The van der Waals surface area contributed by atoms with Gasteiger partial charge in [0.1, 0.15) is 11.6 Å². The molecule has 0 atom stereocenters. The first-order valence-electron chi connectivity index (χ1n) is 6.10. The van der Waals surface area contributed by atoms with Crippen LogP contribution in [0.4, 0.5) is 8.78 Å². The number of aromatic nitrogens is 1. The molecule has 106 valence electrons. The quantitative estimate of drug-likeness (QED) is 0.806. The second-order valence-corrected chi connectivity index (χ2v) is 4.16. The van der Waals surface area contributed by atoms with Gasteiger partial charge in [-0.3, -0.25) is 0 Å². The first kappa shape index (κ1) is 14.2. The number of esters is 1. The molecule has 0 saturated heterocycles. The van der Waals surface area contributed by atoms with Gasteiger partial charge in [0.15, 0.2) is 0 Å². The van der Waals surface area contributed by atoms with Gasteiger partial charge in [0.25, 0.3) is 0 Å². The van der Waals surface area contributed by atoms with Crippen LogP contribution in [0.3, 0.4) is 0 Å². The summed E-state index contributed by atoms with van der Waals surface area (Å²) in [4.78, 5) is 15.7. The predicted octanol–water partition coefficient (Wildman–Crippen LogP) is 3.36. The fourth-order valence-corrected chi connectivity index (χ4v) is 1.79. The van der Waals surface area contributed by atoms with Crippen LogP contribution in [0.25, 0.3) is 11.5 Å². The van der Waals surface area contributed by atoms with Crippen molar-refractivity contribution in [3.8, 4) is 11.5 Å². The lowest BCUT2D eigenvalue weighted by atomic mass is 10.2. The highest BCUT2D eigenvalue weighted by Crippen LogP contribution is 2.26. The van der Waals surface area contributed by atoms with Gasteiger partial charge in [-0.1, -0.05) is 13.3 Å². The number of hydrogen-bond acceptors (Lipinski definition) is 4. The highest BCUT2D eigenvalue weighted by Gasteiger charge is 2.22. The van der Waals surface area contributed by atoms with E-state index in [1.54, 1.807) is 0 Å². The van der Waals surface area contributed by atoms with Crippen molar-refractivity contribution in [1.82, 2.24) is 4.98 Å². The van der Waals surface area contributed by atoms with E-state index in [0.29, 0.717) is 12.1 Å². The number of halogens is 2. The molecule has 0 aliphatic carbocycles. The summed E-state index contributed by atoms with van der Waals surface area (Å²) >= 11 is 0. The van der Waals surface area contributed by atoms with E-state index in [1.807, 2.05) is 6.92 Å². The Morgan fingerprint density at radius 3 is 2.75 bits per heavy atom. The van der Waals surface area contributed by atoms with Gasteiger partial charge in [-0.2, -0.15) is 0 Å². The molecule has 0 N–H and O–H groups in total. The van der Waals surface area contributed by atoms with Gasteiger partial charge in [-0.15, -0.1) is 0 Å². The van der Waals surface area contributed by atoms with Gasteiger partial charge < -0.3 is 9.15 Å². The number of ether oxygens (including phenoxy) is 1. The molecule has 0 amide bonds. The SMILES string of the molecule is CCCc1nc(-c2ccc(F)cc2F)oc1C(=O)OC. The third kappa shape index (κ3) is 2.68. The summed E-state index contributed by atoms with van der Waals surface area (Å²) in [6.07, 6.45) is 1.23. The summed E-state index contributed by atoms with van der Waals surface area (Å²) in [5.41, 5.74) is 0.400. The number of carbonyl (C=O) groups is 1. The molecular formula is C14H13F2NO3. The van der Waals surface area contributed by atoms with E-state index in [9.17, 15) is 13.6 Å². The van der Waals surface area contributed by atoms with Crippen molar-refractivity contribution < 1.29 is 22.7 Å². The van der Waals surface area contributed by atoms with Crippen molar-refractivity contribution >= 4 is 5.97 Å². The normalized spacial score (nSPS) is 10.6. The van der Waals surface area contributed by atoms with E-state index >= 15 is 0 Å². The maximum absolute atomic E-state index is 13.7. The van der Waals surface area contributed by atoms with Gasteiger partial charge in [0.2, 0.25) is 11.7 Å². The molecule has 0 radical (unpaired) electrons. The lowest BCUT2D eigenvalue weighted by Gasteiger charge is -1.98. The number of benzene rings is 1. The molecule has 0 saturated carbocycles. The molecule has 4 nitrogen and oxygen atoms in total. The van der Waals surface area contributed by atoms with Crippen LogP contribution in [0.5, 0.6) is 0 Å². The van der Waals surface area contributed by atoms with E-state index < -0.39 is 17.6 Å². The Bertz CT molecular complexity index is 637. The number of rotatable bonds is 4. The van der Waals surface area contributed by atoms with Gasteiger partial charge in [0, 0.05) is 6.07 Å². The van der Waals surface area contributed by atoms with E-state index in [-0.39, 0.29) is 17.2 Å². The largest absolute Gasteiger partial charge is 0.463 e. The summed E-state index contributed by atoms with van der Waals surface area (Å²) in [6.45, 7) is 1.91. The average Bonchev–Trinajstić information content (AvgIpc) is 2.82. The van der Waals surface area contributed by atoms with Crippen molar-refractivity contribution in [2.24, 2.45) is 0 Å². The average molecular weight is 281 g/mol. The van der Waals surface area contributed by atoms with Crippen molar-refractivity contribution in [2.75, 3.05) is 7.11 Å². The summed E-state index contributed by atoms with van der Waals surface area (Å²) in [6, 6.07) is 3.05. The van der Waals surface area contributed by atoms with Crippen LogP contribution < -0.4 is 0 Å². The third-order valence-electron chi connectivity index (χ3n) is 2.72. The molecule has 0 spiro atoms. The summed E-state index contributed by atoms with van der Waals surface area (Å²) in [5.74, 6) is -2.28. The van der Waals surface area contributed by atoms with Gasteiger partial charge >= 0.3 is 5.97 Å². The lowest BCUT2D eigenvalue weighted by Crippen LogP contribution is -2.03. The number of carbonyl (C=O) groups excluding carboxylic acids is 1. The van der Waals surface area contributed by atoms with E-state index in [4.69, 9.17) is 4.42 Å². The van der Waals surface area contributed by atoms with Gasteiger partial charge in [-0.05, 0) is 18.6 Å². The van der Waals surface area contributed by atoms with Crippen molar-refractivity contribution in [3.05, 3.63) is 41.3 Å². The van der Waals surface area contributed by atoms with Gasteiger partial charge in [0.05, 0.1) is 18.4 Å². The molecule has 2 aromatic rings. The first-order valence-corrected chi connectivity index (χ1v) is 6.10. The fourth-order valence-electron chi connectivity index (χ4n) is 1.79. The zero-order valence-electron chi connectivity index (χ0n) is 11.1. The second-order valence-electron chi connectivity index (χ2n) is 4.16. The van der Waals surface area contributed by atoms with Crippen molar-refractivity contribution in [1.29, 1.82) is 0 Å². The number of methoxy groups -OCH3 is 1. The Morgan fingerprint density at radius 1 is 1.40 bits per heavy atom. The van der Waals surface area contributed by atoms with Crippen LogP contribution in [0.15, 0.2) is 22.6 Å². The maximum Gasteiger partial charge on any atom is 0.376 e. The van der Waals surface area contributed by atoms with E-state index in [0.717, 1.165) is 18.6 Å². The summed E-state index contributed by atoms with van der Waals surface area (Å²) in [7, 11) is 1.22. The molecule has 1 aromatic carbocycles. The third-order valence-corrected chi connectivity index (χ3v) is 2.72. The number of nitrogens with zero attached hydrogens (tertiary/aromatic N) is 1. The Labute approximate surface area is 114 Å². The molecule has 0 aliphatic rings. The van der Waals surface area contributed by atoms with Crippen molar-refractivity contribution in [2.45, 2.75) is 19.8 Å². The molecule has 0 bridgehead atoms. The fraction of sp³-hybridized carbons (Fsp3) is 0.286. The van der Waals surface area contributed by atoms with Crippen LogP contribution in [0.2, 0.25) is 0 Å². The molecule has 2 rings (SSSR count). The van der Waals surface area contributed by atoms with E-state index in [2.05, 4.69) is 9.72 Å². The first-order chi connectivity index (χ1) is 9.56. The topological polar surface area (TPSA) is 52.3 Å². The minimum Gasteiger partial charge on any atom is -0.463 e. The zero-order valence-corrected chi connectivity index (χ0v) is 11.1. The molecule has 1 heterocycles. The molecular weight excluding hydrogens is 268 g/mol. The summed E-state index contributed by atoms with van der Waals surface area (Å²) in [5, 5.41) is 0. The second kappa shape index (κ2) is 5.81. The van der Waals surface area contributed by atoms with E-state index in [1.165, 1.54) is 13.2 Å². The number of aryl methyl sites for hydroxylation is 1. The van der Waals surface area contributed by atoms with Crippen molar-refractivity contribution in [3.63, 3.8) is 0 Å². The minimum atomic E-state index is -0.800. The zero-order chi connectivity index (χ0) is 14.7. The number of oxazole rings is 1. The number of hydrogen-bond donors (Lipinski definition) is 0. The van der Waals surface area contributed by atoms with Crippen LogP contribution in [-0.4, -0.2) is 18.1 Å². The Morgan fingerprint density at radius 2 is 2.15 bits per heavy atom. The molecule has 0 unspecified atom stereocenters. The van der Waals surface area contributed by atoms with Crippen LogP contribution in [0.1, 0.15) is 29.6 Å². The molecule has 6 heteroatoms. The smallest absolute Gasteiger partial charge is 0.376 e. The highest BCUT2D eigenvalue weighted by atomic mass is 19.1.